The summed E-state index contributed by atoms with van der Waals surface area (Å²) in [5, 5.41) is 4.07. The number of rotatable bonds is 8. The predicted molar refractivity (Wildman–Crippen MR) is 86.3 cm³/mol. The molecule has 0 saturated carbocycles. The molecule has 1 rings (SSSR count). The lowest BCUT2D eigenvalue weighted by molar-refractivity contribution is 0.517. The highest BCUT2D eigenvalue weighted by Gasteiger charge is 2.16. The summed E-state index contributed by atoms with van der Waals surface area (Å²) in [6.45, 7) is 6.61. The van der Waals surface area contributed by atoms with E-state index < -0.39 is 9.84 Å². The largest absolute Gasteiger partial charge is 0.314 e. The van der Waals surface area contributed by atoms with Crippen molar-refractivity contribution in [1.82, 2.24) is 5.32 Å². The molecule has 1 atom stereocenters. The van der Waals surface area contributed by atoms with Crippen LogP contribution in [0.4, 0.5) is 0 Å². The van der Waals surface area contributed by atoms with Crippen LogP contribution in [0.15, 0.2) is 24.3 Å². The van der Waals surface area contributed by atoms with E-state index >= 15 is 0 Å². The van der Waals surface area contributed by atoms with E-state index in [9.17, 15) is 8.42 Å². The van der Waals surface area contributed by atoms with Crippen LogP contribution < -0.4 is 5.32 Å². The molecule has 0 aliphatic rings. The molecule has 1 aromatic carbocycles. The first-order valence-electron chi connectivity index (χ1n) is 7.03. The van der Waals surface area contributed by atoms with Gasteiger partial charge in [-0.1, -0.05) is 44.5 Å². The molecule has 0 aliphatic heterocycles. The Balaban J connectivity index is 2.80. The fourth-order valence-electron chi connectivity index (χ4n) is 1.99. The van der Waals surface area contributed by atoms with Gasteiger partial charge in [0.05, 0.1) is 5.75 Å². The summed E-state index contributed by atoms with van der Waals surface area (Å²) < 4.78 is 23.4. The van der Waals surface area contributed by atoms with Crippen molar-refractivity contribution < 1.29 is 8.42 Å². The van der Waals surface area contributed by atoms with Gasteiger partial charge in [-0.05, 0) is 30.0 Å². The zero-order valence-electron chi connectivity index (χ0n) is 12.4. The Kier molecular flexibility index (Phi) is 7.00. The number of hydrogen-bond donors (Lipinski definition) is 1. The third kappa shape index (κ3) is 6.25. The normalized spacial score (nSPS) is 13.7. The molecule has 114 valence electrons. The first-order valence-corrected chi connectivity index (χ1v) is 9.23. The van der Waals surface area contributed by atoms with Crippen LogP contribution in [0, 0.1) is 0 Å². The number of hydrogen-bond acceptors (Lipinski definition) is 3. The van der Waals surface area contributed by atoms with Crippen molar-refractivity contribution in [3.63, 3.8) is 0 Å². The van der Waals surface area contributed by atoms with Crippen molar-refractivity contribution in [2.45, 2.75) is 39.2 Å². The monoisotopic (exact) mass is 317 g/mol. The Morgan fingerprint density at radius 3 is 2.55 bits per heavy atom. The van der Waals surface area contributed by atoms with Gasteiger partial charge in [-0.2, -0.15) is 0 Å². The van der Waals surface area contributed by atoms with E-state index in [0.29, 0.717) is 17.5 Å². The summed E-state index contributed by atoms with van der Waals surface area (Å²) >= 11 is 6.03. The highest BCUT2D eigenvalue weighted by Crippen LogP contribution is 2.23. The minimum Gasteiger partial charge on any atom is -0.314 e. The van der Waals surface area contributed by atoms with Crippen molar-refractivity contribution in [3.05, 3.63) is 34.9 Å². The molecule has 3 nitrogen and oxygen atoms in total. The molecular weight excluding hydrogens is 294 g/mol. The minimum atomic E-state index is -2.93. The molecule has 5 heteroatoms. The topological polar surface area (TPSA) is 46.2 Å². The van der Waals surface area contributed by atoms with Crippen molar-refractivity contribution in [3.8, 4) is 0 Å². The predicted octanol–water partition coefficient (Wildman–Crippen LogP) is 3.25. The second kappa shape index (κ2) is 8.01. The summed E-state index contributed by atoms with van der Waals surface area (Å²) in [6, 6.07) is 8.05. The van der Waals surface area contributed by atoms with Crippen LogP contribution in [0.25, 0.3) is 0 Å². The van der Waals surface area contributed by atoms with E-state index in [1.165, 1.54) is 0 Å². The van der Waals surface area contributed by atoms with Crippen molar-refractivity contribution >= 4 is 21.4 Å². The van der Waals surface area contributed by atoms with E-state index in [1.807, 2.05) is 24.3 Å². The maximum atomic E-state index is 11.7. The molecule has 0 aromatic heterocycles. The molecule has 1 N–H and O–H groups in total. The Hall–Kier alpha value is -0.580. The van der Waals surface area contributed by atoms with E-state index in [2.05, 4.69) is 19.2 Å². The van der Waals surface area contributed by atoms with Gasteiger partial charge < -0.3 is 5.32 Å². The molecule has 0 radical (unpaired) electrons. The quantitative estimate of drug-likeness (QED) is 0.800. The molecule has 0 amide bonds. The van der Waals surface area contributed by atoms with Crippen LogP contribution in [0.5, 0.6) is 0 Å². The number of halogens is 1. The summed E-state index contributed by atoms with van der Waals surface area (Å²) in [5.74, 6) is 0.588. The Morgan fingerprint density at radius 2 is 2.00 bits per heavy atom. The second-order valence-electron chi connectivity index (χ2n) is 5.34. The second-order valence-corrected chi connectivity index (χ2v) is 8.25. The average molecular weight is 318 g/mol. The van der Waals surface area contributed by atoms with Gasteiger partial charge in [-0.25, -0.2) is 8.42 Å². The standard InChI is InChI=1S/C15H24ClNO2S/c1-4-20(18,19)9-8-14(11-17-12(2)3)13-6-5-7-15(16)10-13/h5-7,10,12,14,17H,4,8-9,11H2,1-3H3. The van der Waals surface area contributed by atoms with E-state index in [4.69, 9.17) is 11.6 Å². The number of nitrogens with one attached hydrogen (secondary N) is 1. The van der Waals surface area contributed by atoms with Crippen molar-refractivity contribution in [1.29, 1.82) is 0 Å². The molecular formula is C15H24ClNO2S. The minimum absolute atomic E-state index is 0.164. The SMILES string of the molecule is CCS(=O)(=O)CCC(CNC(C)C)c1cccc(Cl)c1. The van der Waals surface area contributed by atoms with Crippen LogP contribution in [0.1, 0.15) is 38.7 Å². The third-order valence-electron chi connectivity index (χ3n) is 3.31. The number of sulfone groups is 1. The third-order valence-corrected chi connectivity index (χ3v) is 5.28. The molecule has 0 bridgehead atoms. The van der Waals surface area contributed by atoms with Gasteiger partial charge in [-0.3, -0.25) is 0 Å². The van der Waals surface area contributed by atoms with E-state index in [0.717, 1.165) is 12.1 Å². The molecule has 1 aromatic rings. The fraction of sp³-hybridized carbons (Fsp3) is 0.600. The molecule has 0 heterocycles. The van der Waals surface area contributed by atoms with Crippen molar-refractivity contribution in [2.24, 2.45) is 0 Å². The van der Waals surface area contributed by atoms with Gasteiger partial charge in [0.15, 0.2) is 0 Å². The van der Waals surface area contributed by atoms with Crippen LogP contribution in [0.2, 0.25) is 5.02 Å². The van der Waals surface area contributed by atoms with Crippen LogP contribution >= 0.6 is 11.6 Å². The maximum Gasteiger partial charge on any atom is 0.150 e. The van der Waals surface area contributed by atoms with Crippen LogP contribution in [0.3, 0.4) is 0 Å². The van der Waals surface area contributed by atoms with Gasteiger partial charge in [0.2, 0.25) is 0 Å². The summed E-state index contributed by atoms with van der Waals surface area (Å²) in [6.07, 6.45) is 0.621. The van der Waals surface area contributed by atoms with Gasteiger partial charge in [0.1, 0.15) is 9.84 Å². The van der Waals surface area contributed by atoms with E-state index in [1.54, 1.807) is 6.92 Å². The van der Waals surface area contributed by atoms with Gasteiger partial charge in [-0.15, -0.1) is 0 Å². The molecule has 20 heavy (non-hydrogen) atoms. The van der Waals surface area contributed by atoms with E-state index in [-0.39, 0.29) is 17.4 Å². The number of benzene rings is 1. The van der Waals surface area contributed by atoms with Crippen LogP contribution in [-0.4, -0.2) is 32.5 Å². The summed E-state index contributed by atoms with van der Waals surface area (Å²) in [4.78, 5) is 0. The fourth-order valence-corrected chi connectivity index (χ4v) is 3.12. The Morgan fingerprint density at radius 1 is 1.30 bits per heavy atom. The highest BCUT2D eigenvalue weighted by molar-refractivity contribution is 7.91. The Bertz CT molecular complexity index is 514. The smallest absolute Gasteiger partial charge is 0.150 e. The first-order chi connectivity index (χ1) is 9.34. The highest BCUT2D eigenvalue weighted by atomic mass is 35.5. The zero-order valence-corrected chi connectivity index (χ0v) is 14.0. The maximum absolute atomic E-state index is 11.7. The average Bonchev–Trinajstić information content (AvgIpc) is 2.38. The zero-order chi connectivity index (χ0) is 15.2. The first kappa shape index (κ1) is 17.5. The molecule has 1 unspecified atom stereocenters. The molecule has 0 fully saturated rings. The molecule has 0 aliphatic carbocycles. The van der Waals surface area contributed by atoms with Gasteiger partial charge >= 0.3 is 0 Å². The van der Waals surface area contributed by atoms with Gasteiger partial charge in [0.25, 0.3) is 0 Å². The Labute approximate surface area is 127 Å². The molecule has 0 spiro atoms. The van der Waals surface area contributed by atoms with Crippen LogP contribution in [-0.2, 0) is 9.84 Å². The van der Waals surface area contributed by atoms with Gasteiger partial charge in [0, 0.05) is 23.4 Å². The summed E-state index contributed by atoms with van der Waals surface area (Å²) in [5.41, 5.74) is 1.09. The lowest BCUT2D eigenvalue weighted by Gasteiger charge is -2.20. The molecule has 0 saturated heterocycles. The summed E-state index contributed by atoms with van der Waals surface area (Å²) in [7, 11) is -2.93. The van der Waals surface area contributed by atoms with Crippen molar-refractivity contribution in [2.75, 3.05) is 18.1 Å². The lowest BCUT2D eigenvalue weighted by atomic mass is 9.96. The lowest BCUT2D eigenvalue weighted by Crippen LogP contribution is -2.29.